The average Bonchev–Trinajstić information content (AvgIpc) is 3.09. The molecular formula is C42H54N4O6. The Morgan fingerprint density at radius 1 is 0.846 bits per heavy atom. The van der Waals surface area contributed by atoms with Gasteiger partial charge in [-0.1, -0.05) is 99.6 Å². The first-order chi connectivity index (χ1) is 24.4. The fraction of sp³-hybridized carbons (Fsp3) is 0.452. The largest absolute Gasteiger partial charge is 0.444 e. The third-order valence-corrected chi connectivity index (χ3v) is 9.42. The van der Waals surface area contributed by atoms with Crippen LogP contribution in [0, 0.1) is 5.41 Å². The van der Waals surface area contributed by atoms with Crippen LogP contribution in [-0.4, -0.2) is 81.6 Å². The second-order valence-corrected chi connectivity index (χ2v) is 15.8. The normalized spacial score (nSPS) is 15.5. The van der Waals surface area contributed by atoms with E-state index in [9.17, 15) is 24.0 Å². The van der Waals surface area contributed by atoms with E-state index in [1.54, 1.807) is 49.6 Å². The van der Waals surface area contributed by atoms with Gasteiger partial charge in [-0.15, -0.1) is 0 Å². The molecule has 1 aliphatic heterocycles. The molecule has 1 aliphatic rings. The molecule has 0 saturated carbocycles. The number of fused-ring (bicyclic) bond motifs is 1. The van der Waals surface area contributed by atoms with Gasteiger partial charge >= 0.3 is 6.09 Å². The molecule has 10 nitrogen and oxygen atoms in total. The van der Waals surface area contributed by atoms with Gasteiger partial charge in [0.25, 0.3) is 0 Å². The SMILES string of the molecule is CC(=O)c1ccc(CN(CCc2ccccc2)C(=O)[C@@H]2Cc3ccccc3CN2C(=O)[C@@H](NC(=O)[C@H](C)N(C)C(=O)OC(C)(C)C)C(C)(C)C)cc1. The van der Waals surface area contributed by atoms with Crippen LogP contribution >= 0.6 is 0 Å². The Morgan fingerprint density at radius 3 is 2.02 bits per heavy atom. The van der Waals surface area contributed by atoms with Gasteiger partial charge in [0, 0.05) is 38.7 Å². The van der Waals surface area contributed by atoms with Crippen molar-refractivity contribution in [3.63, 3.8) is 0 Å². The molecule has 3 atom stereocenters. The highest BCUT2D eigenvalue weighted by Gasteiger charge is 2.44. The minimum Gasteiger partial charge on any atom is -0.444 e. The molecule has 52 heavy (non-hydrogen) atoms. The predicted octanol–water partition coefficient (Wildman–Crippen LogP) is 6.20. The van der Waals surface area contributed by atoms with E-state index in [1.807, 2.05) is 87.5 Å². The van der Waals surface area contributed by atoms with E-state index in [4.69, 9.17) is 4.74 Å². The maximum atomic E-state index is 14.8. The lowest BCUT2D eigenvalue weighted by Crippen LogP contribution is -2.62. The summed E-state index contributed by atoms with van der Waals surface area (Å²) in [7, 11) is 1.49. The summed E-state index contributed by atoms with van der Waals surface area (Å²) in [5.74, 6) is -1.13. The first-order valence-electron chi connectivity index (χ1n) is 17.9. The zero-order chi connectivity index (χ0) is 38.4. The van der Waals surface area contributed by atoms with Gasteiger partial charge < -0.3 is 19.9 Å². The molecule has 0 bridgehead atoms. The summed E-state index contributed by atoms with van der Waals surface area (Å²) in [5, 5.41) is 2.93. The van der Waals surface area contributed by atoms with Crippen molar-refractivity contribution in [2.24, 2.45) is 5.41 Å². The summed E-state index contributed by atoms with van der Waals surface area (Å²) in [6.07, 6.45) is 0.270. The maximum Gasteiger partial charge on any atom is 0.410 e. The van der Waals surface area contributed by atoms with Crippen LogP contribution in [0.15, 0.2) is 78.9 Å². The number of hydrogen-bond acceptors (Lipinski definition) is 6. The van der Waals surface area contributed by atoms with Crippen molar-refractivity contribution in [2.45, 2.75) is 105 Å². The summed E-state index contributed by atoms with van der Waals surface area (Å²) < 4.78 is 5.46. The number of Topliss-reactive ketones (excluding diaryl/α,β-unsaturated/α-hetero) is 1. The highest BCUT2D eigenvalue weighted by molar-refractivity contribution is 5.95. The second kappa shape index (κ2) is 16.6. The maximum absolute atomic E-state index is 14.8. The molecule has 0 saturated heterocycles. The van der Waals surface area contributed by atoms with Crippen molar-refractivity contribution in [2.75, 3.05) is 13.6 Å². The average molecular weight is 711 g/mol. The van der Waals surface area contributed by atoms with Gasteiger partial charge in [-0.05, 0) is 68.7 Å². The van der Waals surface area contributed by atoms with Crippen LogP contribution in [-0.2, 0) is 45.1 Å². The lowest BCUT2D eigenvalue weighted by molar-refractivity contribution is -0.151. The molecule has 1 N–H and O–H groups in total. The van der Waals surface area contributed by atoms with Gasteiger partial charge in [-0.2, -0.15) is 0 Å². The van der Waals surface area contributed by atoms with Gasteiger partial charge in [-0.25, -0.2) is 4.79 Å². The van der Waals surface area contributed by atoms with Crippen molar-refractivity contribution in [1.29, 1.82) is 0 Å². The van der Waals surface area contributed by atoms with Gasteiger partial charge in [-0.3, -0.25) is 24.1 Å². The van der Waals surface area contributed by atoms with Crippen LogP contribution in [0.4, 0.5) is 4.79 Å². The Kier molecular flexibility index (Phi) is 12.7. The Labute approximate surface area is 308 Å². The number of ether oxygens (including phenoxy) is 1. The van der Waals surface area contributed by atoms with E-state index in [0.717, 1.165) is 22.3 Å². The first-order valence-corrected chi connectivity index (χ1v) is 17.9. The summed E-state index contributed by atoms with van der Waals surface area (Å²) >= 11 is 0. The summed E-state index contributed by atoms with van der Waals surface area (Å²) in [5.41, 5.74) is 2.97. The third-order valence-electron chi connectivity index (χ3n) is 9.42. The van der Waals surface area contributed by atoms with E-state index >= 15 is 0 Å². The van der Waals surface area contributed by atoms with Crippen molar-refractivity contribution in [3.05, 3.63) is 107 Å². The van der Waals surface area contributed by atoms with E-state index in [1.165, 1.54) is 18.9 Å². The van der Waals surface area contributed by atoms with Gasteiger partial charge in [0.2, 0.25) is 17.7 Å². The molecule has 10 heteroatoms. The Hall–Kier alpha value is -4.99. The van der Waals surface area contributed by atoms with Crippen molar-refractivity contribution >= 4 is 29.6 Å². The number of rotatable bonds is 11. The van der Waals surface area contributed by atoms with Gasteiger partial charge in [0.1, 0.15) is 23.7 Å². The lowest BCUT2D eigenvalue weighted by Gasteiger charge is -2.42. The fourth-order valence-electron chi connectivity index (χ4n) is 6.17. The third kappa shape index (κ3) is 10.3. The first kappa shape index (κ1) is 39.8. The quantitative estimate of drug-likeness (QED) is 0.237. The van der Waals surface area contributed by atoms with Crippen LogP contribution in [0.3, 0.4) is 0 Å². The van der Waals surface area contributed by atoms with E-state index in [2.05, 4.69) is 5.32 Å². The van der Waals surface area contributed by atoms with Gasteiger partial charge in [0.15, 0.2) is 5.78 Å². The lowest BCUT2D eigenvalue weighted by atomic mass is 9.84. The van der Waals surface area contributed by atoms with E-state index in [0.29, 0.717) is 24.9 Å². The zero-order valence-electron chi connectivity index (χ0n) is 32.1. The summed E-state index contributed by atoms with van der Waals surface area (Å²) in [6.45, 7) is 14.8. The molecule has 0 aliphatic carbocycles. The highest BCUT2D eigenvalue weighted by atomic mass is 16.6. The zero-order valence-corrected chi connectivity index (χ0v) is 32.1. The summed E-state index contributed by atoms with van der Waals surface area (Å²) in [4.78, 5) is 72.6. The van der Waals surface area contributed by atoms with E-state index in [-0.39, 0.29) is 30.7 Å². The second-order valence-electron chi connectivity index (χ2n) is 15.8. The molecule has 0 radical (unpaired) electrons. The van der Waals surface area contributed by atoms with Crippen molar-refractivity contribution < 1.29 is 28.7 Å². The molecule has 0 spiro atoms. The number of nitrogens with one attached hydrogen (secondary N) is 1. The molecule has 1 heterocycles. The number of likely N-dealkylation sites (N-methyl/N-ethyl adjacent to an activating group) is 1. The van der Waals surface area contributed by atoms with Crippen LogP contribution in [0.5, 0.6) is 0 Å². The van der Waals surface area contributed by atoms with E-state index < -0.39 is 41.1 Å². The number of carbonyl (C=O) groups is 5. The Bertz CT molecular complexity index is 1740. The van der Waals surface area contributed by atoms with Crippen molar-refractivity contribution in [1.82, 2.24) is 20.0 Å². The standard InChI is InChI=1S/C42H54N4O6/c1-28(44(9)40(51)52-42(6,7)8)37(48)43-36(41(3,4)5)39(50)46-27-34-18-14-13-17-33(34)25-35(46)38(49)45(24-23-30-15-11-10-12-16-30)26-31-19-21-32(22-20-31)29(2)47/h10-22,28,35-36H,23-27H2,1-9H3,(H,43,48)/t28-,35-,36+/m0/s1. The number of nitrogens with zero attached hydrogens (tertiary/aromatic N) is 3. The smallest absolute Gasteiger partial charge is 0.410 e. The number of ketones is 1. The molecule has 278 valence electrons. The molecule has 0 aromatic heterocycles. The molecule has 0 fully saturated rings. The number of amides is 4. The minimum atomic E-state index is -1.01. The van der Waals surface area contributed by atoms with Crippen LogP contribution in [0.25, 0.3) is 0 Å². The molecule has 4 amide bonds. The number of hydrogen-bond donors (Lipinski definition) is 1. The molecule has 4 rings (SSSR count). The van der Waals surface area contributed by atoms with Gasteiger partial charge in [0.05, 0.1) is 0 Å². The molecular weight excluding hydrogens is 656 g/mol. The van der Waals surface area contributed by atoms with Crippen LogP contribution < -0.4 is 5.32 Å². The topological polar surface area (TPSA) is 116 Å². The predicted molar refractivity (Wildman–Crippen MR) is 201 cm³/mol. The van der Waals surface area contributed by atoms with Crippen molar-refractivity contribution in [3.8, 4) is 0 Å². The monoisotopic (exact) mass is 710 g/mol. The Balaban J connectivity index is 1.67. The molecule has 3 aromatic carbocycles. The number of benzene rings is 3. The highest BCUT2D eigenvalue weighted by Crippen LogP contribution is 2.30. The fourth-order valence-corrected chi connectivity index (χ4v) is 6.17. The summed E-state index contributed by atoms with van der Waals surface area (Å²) in [6, 6.07) is 22.2. The van der Waals surface area contributed by atoms with Crippen LogP contribution in [0.2, 0.25) is 0 Å². The Morgan fingerprint density at radius 2 is 1.44 bits per heavy atom. The van der Waals surface area contributed by atoms with Crippen LogP contribution in [0.1, 0.15) is 88.0 Å². The molecule has 3 aromatic rings. The minimum absolute atomic E-state index is 0.0371. The molecule has 0 unspecified atom stereocenters. The number of carbonyl (C=O) groups excluding carboxylic acids is 5.